The summed E-state index contributed by atoms with van der Waals surface area (Å²) < 4.78 is 2.10. The van der Waals surface area contributed by atoms with E-state index in [0.29, 0.717) is 17.9 Å². The van der Waals surface area contributed by atoms with Crippen molar-refractivity contribution in [1.29, 1.82) is 0 Å². The van der Waals surface area contributed by atoms with E-state index in [1.54, 1.807) is 13.8 Å². The SMILES string of the molecule is Cc1nc(C(=O)NCc2ccc(Cn3cnc4ccccc43)cc2)c(=O)[nH]c1C. The van der Waals surface area contributed by atoms with E-state index < -0.39 is 11.5 Å². The summed E-state index contributed by atoms with van der Waals surface area (Å²) >= 11 is 0. The molecule has 0 saturated carbocycles. The summed E-state index contributed by atoms with van der Waals surface area (Å²) in [7, 11) is 0. The van der Waals surface area contributed by atoms with E-state index in [0.717, 1.165) is 28.7 Å². The van der Waals surface area contributed by atoms with Gasteiger partial charge < -0.3 is 14.9 Å². The minimum absolute atomic E-state index is 0.114. The Hall–Kier alpha value is -3.74. The van der Waals surface area contributed by atoms with E-state index >= 15 is 0 Å². The number of hydrogen-bond acceptors (Lipinski definition) is 4. The topological polar surface area (TPSA) is 92.7 Å². The van der Waals surface area contributed by atoms with Gasteiger partial charge in [0.25, 0.3) is 11.5 Å². The zero-order valence-corrected chi connectivity index (χ0v) is 16.3. The van der Waals surface area contributed by atoms with Gasteiger partial charge in [-0.2, -0.15) is 0 Å². The molecule has 4 rings (SSSR count). The number of hydrogen-bond donors (Lipinski definition) is 2. The summed E-state index contributed by atoms with van der Waals surface area (Å²) in [5.41, 5.74) is 4.84. The Balaban J connectivity index is 1.41. The van der Waals surface area contributed by atoms with Crippen LogP contribution < -0.4 is 10.9 Å². The second-order valence-electron chi connectivity index (χ2n) is 6.99. The zero-order chi connectivity index (χ0) is 20.4. The van der Waals surface area contributed by atoms with Gasteiger partial charge >= 0.3 is 0 Å². The van der Waals surface area contributed by atoms with E-state index in [4.69, 9.17) is 0 Å². The van der Waals surface area contributed by atoms with Gasteiger partial charge in [-0.1, -0.05) is 36.4 Å². The van der Waals surface area contributed by atoms with Gasteiger partial charge in [-0.3, -0.25) is 9.59 Å². The van der Waals surface area contributed by atoms with Crippen molar-refractivity contribution in [3.8, 4) is 0 Å². The minimum Gasteiger partial charge on any atom is -0.346 e. The van der Waals surface area contributed by atoms with Crippen molar-refractivity contribution in [2.45, 2.75) is 26.9 Å². The van der Waals surface area contributed by atoms with E-state index in [1.807, 2.05) is 48.8 Å². The summed E-state index contributed by atoms with van der Waals surface area (Å²) in [6.45, 7) is 4.54. The van der Waals surface area contributed by atoms with Gasteiger partial charge in [-0.15, -0.1) is 0 Å². The van der Waals surface area contributed by atoms with E-state index in [2.05, 4.69) is 30.9 Å². The van der Waals surface area contributed by atoms with Crippen molar-refractivity contribution in [3.05, 3.63) is 93.4 Å². The third kappa shape index (κ3) is 3.94. The van der Waals surface area contributed by atoms with E-state index in [-0.39, 0.29) is 5.69 Å². The van der Waals surface area contributed by atoms with Crippen molar-refractivity contribution in [2.24, 2.45) is 0 Å². The first kappa shape index (κ1) is 18.6. The number of imidazole rings is 1. The average molecular weight is 387 g/mol. The molecular weight excluding hydrogens is 366 g/mol. The molecule has 2 N–H and O–H groups in total. The third-order valence-electron chi connectivity index (χ3n) is 4.91. The first-order valence-corrected chi connectivity index (χ1v) is 9.34. The Bertz CT molecular complexity index is 1240. The monoisotopic (exact) mass is 387 g/mol. The van der Waals surface area contributed by atoms with Crippen LogP contribution in [-0.4, -0.2) is 25.4 Å². The van der Waals surface area contributed by atoms with Crippen LogP contribution >= 0.6 is 0 Å². The molecule has 2 heterocycles. The maximum Gasteiger partial charge on any atom is 0.279 e. The number of carbonyl (C=O) groups excluding carboxylic acids is 1. The molecule has 0 aliphatic heterocycles. The summed E-state index contributed by atoms with van der Waals surface area (Å²) in [6, 6.07) is 16.0. The molecule has 0 unspecified atom stereocenters. The smallest absolute Gasteiger partial charge is 0.279 e. The van der Waals surface area contributed by atoms with E-state index in [1.165, 1.54) is 0 Å². The number of carbonyl (C=O) groups is 1. The van der Waals surface area contributed by atoms with Gasteiger partial charge in [0.15, 0.2) is 5.69 Å². The van der Waals surface area contributed by atoms with Gasteiger partial charge in [-0.25, -0.2) is 9.97 Å². The largest absolute Gasteiger partial charge is 0.346 e. The number of nitrogens with zero attached hydrogens (tertiary/aromatic N) is 3. The molecule has 0 fully saturated rings. The van der Waals surface area contributed by atoms with Crippen molar-refractivity contribution in [1.82, 2.24) is 24.8 Å². The molecule has 2 aromatic heterocycles. The normalized spacial score (nSPS) is 11.0. The van der Waals surface area contributed by atoms with Crippen molar-refractivity contribution >= 4 is 16.9 Å². The fraction of sp³-hybridized carbons (Fsp3) is 0.182. The maximum atomic E-state index is 12.3. The molecule has 1 amide bonds. The van der Waals surface area contributed by atoms with Gasteiger partial charge in [0.2, 0.25) is 0 Å². The molecule has 0 aliphatic rings. The molecule has 4 aromatic rings. The molecule has 0 aliphatic carbocycles. The Morgan fingerprint density at radius 3 is 2.59 bits per heavy atom. The third-order valence-corrected chi connectivity index (χ3v) is 4.91. The van der Waals surface area contributed by atoms with Crippen LogP contribution in [-0.2, 0) is 13.1 Å². The number of nitrogens with one attached hydrogen (secondary N) is 2. The highest BCUT2D eigenvalue weighted by atomic mass is 16.2. The maximum absolute atomic E-state index is 12.3. The second kappa shape index (κ2) is 7.71. The predicted molar refractivity (Wildman–Crippen MR) is 111 cm³/mol. The fourth-order valence-corrected chi connectivity index (χ4v) is 3.14. The molecule has 0 bridgehead atoms. The Morgan fingerprint density at radius 2 is 1.79 bits per heavy atom. The molecule has 29 heavy (non-hydrogen) atoms. The Morgan fingerprint density at radius 1 is 1.07 bits per heavy atom. The molecule has 0 radical (unpaired) electrons. The van der Waals surface area contributed by atoms with Crippen molar-refractivity contribution in [2.75, 3.05) is 0 Å². The Labute approximate surface area is 167 Å². The number of aromatic nitrogens is 4. The van der Waals surface area contributed by atoms with Gasteiger partial charge in [-0.05, 0) is 37.1 Å². The molecule has 7 nitrogen and oxygen atoms in total. The molecule has 146 valence electrons. The number of amides is 1. The van der Waals surface area contributed by atoms with Crippen molar-refractivity contribution < 1.29 is 4.79 Å². The molecule has 2 aromatic carbocycles. The number of aryl methyl sites for hydroxylation is 2. The molecule has 0 saturated heterocycles. The van der Waals surface area contributed by atoms with Crippen LogP contribution in [0.5, 0.6) is 0 Å². The van der Waals surface area contributed by atoms with Crippen LogP contribution in [0.2, 0.25) is 0 Å². The van der Waals surface area contributed by atoms with Crippen LogP contribution in [0.15, 0.2) is 59.7 Å². The number of para-hydroxylation sites is 2. The Kier molecular flexibility index (Phi) is 4.95. The summed E-state index contributed by atoms with van der Waals surface area (Å²) in [4.78, 5) is 35.4. The number of fused-ring (bicyclic) bond motifs is 1. The van der Waals surface area contributed by atoms with Crippen LogP contribution in [0.3, 0.4) is 0 Å². The lowest BCUT2D eigenvalue weighted by molar-refractivity contribution is 0.0944. The van der Waals surface area contributed by atoms with Crippen molar-refractivity contribution in [3.63, 3.8) is 0 Å². The predicted octanol–water partition coefficient (Wildman–Crippen LogP) is 2.71. The van der Waals surface area contributed by atoms with Crippen LogP contribution in [0.25, 0.3) is 11.0 Å². The zero-order valence-electron chi connectivity index (χ0n) is 16.3. The van der Waals surface area contributed by atoms with Crippen LogP contribution in [0, 0.1) is 13.8 Å². The first-order valence-electron chi connectivity index (χ1n) is 9.34. The highest BCUT2D eigenvalue weighted by Crippen LogP contribution is 2.14. The summed E-state index contributed by atoms with van der Waals surface area (Å²) in [5, 5.41) is 2.76. The van der Waals surface area contributed by atoms with Gasteiger partial charge in [0.1, 0.15) is 0 Å². The number of H-pyrrole nitrogens is 1. The summed E-state index contributed by atoms with van der Waals surface area (Å²) in [5.74, 6) is -0.483. The molecule has 0 spiro atoms. The number of rotatable bonds is 5. The first-order chi connectivity index (χ1) is 14.0. The second-order valence-corrected chi connectivity index (χ2v) is 6.99. The van der Waals surface area contributed by atoms with Crippen LogP contribution in [0.4, 0.5) is 0 Å². The van der Waals surface area contributed by atoms with E-state index in [9.17, 15) is 9.59 Å². The number of benzene rings is 2. The average Bonchev–Trinajstić information content (AvgIpc) is 3.13. The molecule has 7 heteroatoms. The summed E-state index contributed by atoms with van der Waals surface area (Å²) in [6.07, 6.45) is 1.84. The lowest BCUT2D eigenvalue weighted by atomic mass is 10.1. The quantitative estimate of drug-likeness (QED) is 0.551. The van der Waals surface area contributed by atoms with Gasteiger partial charge in [0, 0.05) is 18.8 Å². The van der Waals surface area contributed by atoms with Gasteiger partial charge in [0.05, 0.1) is 23.1 Å². The lowest BCUT2D eigenvalue weighted by Crippen LogP contribution is -2.31. The molecular formula is C22H21N5O2. The standard InChI is InChI=1S/C22H21N5O2/c1-14-15(2)26-22(29)20(25-14)21(28)23-11-16-7-9-17(10-8-16)12-27-13-24-18-5-3-4-6-19(18)27/h3-10,13H,11-12H2,1-2H3,(H,23,28)(H,26,29). The molecule has 0 atom stereocenters. The lowest BCUT2D eigenvalue weighted by Gasteiger charge is -2.08. The fourth-order valence-electron chi connectivity index (χ4n) is 3.14. The highest BCUT2D eigenvalue weighted by Gasteiger charge is 2.13. The van der Waals surface area contributed by atoms with Crippen LogP contribution in [0.1, 0.15) is 33.0 Å². The number of aromatic amines is 1. The minimum atomic E-state index is -0.483. The highest BCUT2D eigenvalue weighted by molar-refractivity contribution is 5.91.